The Balaban J connectivity index is 2.30. The van der Waals surface area contributed by atoms with Crippen molar-refractivity contribution in [3.63, 3.8) is 0 Å². The van der Waals surface area contributed by atoms with Crippen LogP contribution in [0.1, 0.15) is 13.3 Å². The van der Waals surface area contributed by atoms with Crippen LogP contribution in [-0.2, 0) is 9.53 Å². The minimum absolute atomic E-state index is 0.0892. The highest BCUT2D eigenvalue weighted by Crippen LogP contribution is 2.21. The molecule has 2 nitrogen and oxygen atoms in total. The minimum atomic E-state index is -0.0892. The standard InChI is InChI=1S/C7H10O2/c1-3-5(2)6-4-7(8)9-6/h3,5-6H,1,4H2,2H3. The molecule has 1 rings (SSSR count). The molecule has 0 saturated carbocycles. The third-order valence-electron chi connectivity index (χ3n) is 1.61. The first-order valence-electron chi connectivity index (χ1n) is 3.06. The van der Waals surface area contributed by atoms with Gasteiger partial charge in [-0.25, -0.2) is 0 Å². The molecule has 1 fully saturated rings. The van der Waals surface area contributed by atoms with Crippen molar-refractivity contribution in [2.75, 3.05) is 0 Å². The molecule has 0 aromatic carbocycles. The van der Waals surface area contributed by atoms with Crippen LogP contribution in [0.4, 0.5) is 0 Å². The molecular formula is C7H10O2. The third kappa shape index (κ3) is 1.12. The van der Waals surface area contributed by atoms with Gasteiger partial charge in [0, 0.05) is 5.92 Å². The Morgan fingerprint density at radius 1 is 2.00 bits per heavy atom. The third-order valence-corrected chi connectivity index (χ3v) is 1.61. The fourth-order valence-electron chi connectivity index (χ4n) is 0.768. The van der Waals surface area contributed by atoms with E-state index in [1.807, 2.05) is 6.92 Å². The normalized spacial score (nSPS) is 28.1. The molecule has 1 heterocycles. The van der Waals surface area contributed by atoms with Gasteiger partial charge >= 0.3 is 5.97 Å². The summed E-state index contributed by atoms with van der Waals surface area (Å²) in [5, 5.41) is 0. The molecule has 0 aliphatic carbocycles. The van der Waals surface area contributed by atoms with E-state index in [9.17, 15) is 4.79 Å². The first-order valence-corrected chi connectivity index (χ1v) is 3.06. The quantitative estimate of drug-likeness (QED) is 0.409. The summed E-state index contributed by atoms with van der Waals surface area (Å²) in [6.45, 7) is 5.59. The lowest BCUT2D eigenvalue weighted by atomic mass is 9.99. The van der Waals surface area contributed by atoms with E-state index in [0.717, 1.165) is 0 Å². The number of carbonyl (C=O) groups is 1. The maximum Gasteiger partial charge on any atom is 0.309 e. The van der Waals surface area contributed by atoms with Crippen molar-refractivity contribution in [3.05, 3.63) is 12.7 Å². The van der Waals surface area contributed by atoms with Crippen LogP contribution in [0.3, 0.4) is 0 Å². The predicted octanol–water partition coefficient (Wildman–Crippen LogP) is 1.12. The summed E-state index contributed by atoms with van der Waals surface area (Å²) in [5.41, 5.74) is 0. The van der Waals surface area contributed by atoms with Crippen LogP contribution >= 0.6 is 0 Å². The smallest absolute Gasteiger partial charge is 0.309 e. The topological polar surface area (TPSA) is 26.3 Å². The lowest BCUT2D eigenvalue weighted by Crippen LogP contribution is -2.36. The Labute approximate surface area is 54.5 Å². The van der Waals surface area contributed by atoms with Crippen molar-refractivity contribution in [3.8, 4) is 0 Å². The Morgan fingerprint density at radius 3 is 2.89 bits per heavy atom. The van der Waals surface area contributed by atoms with Crippen LogP contribution in [0.2, 0.25) is 0 Å². The Morgan fingerprint density at radius 2 is 2.56 bits per heavy atom. The first-order chi connectivity index (χ1) is 4.24. The summed E-state index contributed by atoms with van der Waals surface area (Å²) in [5.74, 6) is 0.219. The molecule has 1 aliphatic rings. The molecule has 9 heavy (non-hydrogen) atoms. The summed E-state index contributed by atoms with van der Waals surface area (Å²) < 4.78 is 4.78. The van der Waals surface area contributed by atoms with Crippen molar-refractivity contribution >= 4 is 5.97 Å². The monoisotopic (exact) mass is 126 g/mol. The fraction of sp³-hybridized carbons (Fsp3) is 0.571. The molecule has 2 heteroatoms. The zero-order valence-corrected chi connectivity index (χ0v) is 5.46. The second-order valence-corrected chi connectivity index (χ2v) is 2.33. The molecule has 2 unspecified atom stereocenters. The predicted molar refractivity (Wildman–Crippen MR) is 33.9 cm³/mol. The maximum atomic E-state index is 10.3. The lowest BCUT2D eigenvalue weighted by molar-refractivity contribution is -0.172. The van der Waals surface area contributed by atoms with E-state index >= 15 is 0 Å². The highest BCUT2D eigenvalue weighted by molar-refractivity contribution is 5.75. The van der Waals surface area contributed by atoms with E-state index in [0.29, 0.717) is 12.3 Å². The Hall–Kier alpha value is -0.790. The highest BCUT2D eigenvalue weighted by atomic mass is 16.6. The van der Waals surface area contributed by atoms with Crippen LogP contribution in [0, 0.1) is 5.92 Å². The summed E-state index contributed by atoms with van der Waals surface area (Å²) in [7, 11) is 0. The molecule has 0 N–H and O–H groups in total. The number of esters is 1. The van der Waals surface area contributed by atoms with Crippen molar-refractivity contribution in [1.29, 1.82) is 0 Å². The largest absolute Gasteiger partial charge is 0.461 e. The summed E-state index contributed by atoms with van der Waals surface area (Å²) in [4.78, 5) is 10.3. The van der Waals surface area contributed by atoms with Crippen molar-refractivity contribution in [2.24, 2.45) is 5.92 Å². The van der Waals surface area contributed by atoms with Crippen LogP contribution in [0.5, 0.6) is 0 Å². The van der Waals surface area contributed by atoms with Gasteiger partial charge in [-0.1, -0.05) is 13.0 Å². The average molecular weight is 126 g/mol. The van der Waals surface area contributed by atoms with Crippen molar-refractivity contribution in [1.82, 2.24) is 0 Å². The van der Waals surface area contributed by atoms with Crippen LogP contribution in [0.25, 0.3) is 0 Å². The Kier molecular flexibility index (Phi) is 1.56. The van der Waals surface area contributed by atoms with Crippen LogP contribution in [0.15, 0.2) is 12.7 Å². The second kappa shape index (κ2) is 2.21. The van der Waals surface area contributed by atoms with Gasteiger partial charge in [0.1, 0.15) is 6.10 Å². The SMILES string of the molecule is C=CC(C)C1CC(=O)O1. The Bertz CT molecular complexity index is 132. The summed E-state index contributed by atoms with van der Waals surface area (Å²) in [6, 6.07) is 0. The number of hydrogen-bond acceptors (Lipinski definition) is 2. The molecule has 2 atom stereocenters. The average Bonchev–Trinajstić information content (AvgIpc) is 1.79. The zero-order chi connectivity index (χ0) is 6.85. The fourth-order valence-corrected chi connectivity index (χ4v) is 0.768. The van der Waals surface area contributed by atoms with Crippen molar-refractivity contribution < 1.29 is 9.53 Å². The van der Waals surface area contributed by atoms with Gasteiger partial charge in [-0.3, -0.25) is 4.79 Å². The molecular weight excluding hydrogens is 116 g/mol. The number of cyclic esters (lactones) is 1. The van der Waals surface area contributed by atoms with E-state index in [-0.39, 0.29) is 12.1 Å². The number of hydrogen-bond donors (Lipinski definition) is 0. The number of ether oxygens (including phenoxy) is 1. The van der Waals surface area contributed by atoms with Gasteiger partial charge in [0.15, 0.2) is 0 Å². The number of rotatable bonds is 2. The molecule has 0 aromatic heterocycles. The van der Waals surface area contributed by atoms with Gasteiger partial charge < -0.3 is 4.74 Å². The van der Waals surface area contributed by atoms with E-state index in [2.05, 4.69) is 6.58 Å². The number of carbonyl (C=O) groups excluding carboxylic acids is 1. The molecule has 1 aliphatic heterocycles. The maximum absolute atomic E-state index is 10.3. The molecule has 0 aromatic rings. The second-order valence-electron chi connectivity index (χ2n) is 2.33. The van der Waals surface area contributed by atoms with Gasteiger partial charge in [-0.05, 0) is 0 Å². The van der Waals surface area contributed by atoms with Gasteiger partial charge in [0.25, 0.3) is 0 Å². The first kappa shape index (κ1) is 6.33. The molecule has 0 bridgehead atoms. The molecule has 1 saturated heterocycles. The van der Waals surface area contributed by atoms with Crippen LogP contribution < -0.4 is 0 Å². The van der Waals surface area contributed by atoms with Crippen molar-refractivity contribution in [2.45, 2.75) is 19.4 Å². The minimum Gasteiger partial charge on any atom is -0.461 e. The van der Waals surface area contributed by atoms with E-state index in [4.69, 9.17) is 4.74 Å². The van der Waals surface area contributed by atoms with E-state index in [1.54, 1.807) is 6.08 Å². The summed E-state index contributed by atoms with van der Waals surface area (Å²) >= 11 is 0. The van der Waals surface area contributed by atoms with Gasteiger partial charge in [0.05, 0.1) is 6.42 Å². The van der Waals surface area contributed by atoms with Gasteiger partial charge in [-0.2, -0.15) is 0 Å². The summed E-state index contributed by atoms with van der Waals surface area (Å²) in [6.07, 6.45) is 2.47. The highest BCUT2D eigenvalue weighted by Gasteiger charge is 2.31. The van der Waals surface area contributed by atoms with Gasteiger partial charge in [-0.15, -0.1) is 6.58 Å². The molecule has 50 valence electrons. The molecule has 0 amide bonds. The van der Waals surface area contributed by atoms with E-state index < -0.39 is 0 Å². The van der Waals surface area contributed by atoms with E-state index in [1.165, 1.54) is 0 Å². The zero-order valence-electron chi connectivity index (χ0n) is 5.46. The van der Waals surface area contributed by atoms with Crippen LogP contribution in [-0.4, -0.2) is 12.1 Å². The lowest BCUT2D eigenvalue weighted by Gasteiger charge is -2.28. The van der Waals surface area contributed by atoms with Gasteiger partial charge in [0.2, 0.25) is 0 Å². The molecule has 0 radical (unpaired) electrons. The molecule has 0 spiro atoms.